The number of para-hydroxylation sites is 2. The molecule has 2 aliphatic rings. The summed E-state index contributed by atoms with van der Waals surface area (Å²) in [7, 11) is -3.54. The Morgan fingerprint density at radius 1 is 1.10 bits per heavy atom. The zero-order valence-corrected chi connectivity index (χ0v) is 17.3. The van der Waals surface area contributed by atoms with E-state index in [0.29, 0.717) is 29.8 Å². The molecule has 9 nitrogen and oxygen atoms in total. The van der Waals surface area contributed by atoms with Gasteiger partial charge >= 0.3 is 0 Å². The summed E-state index contributed by atoms with van der Waals surface area (Å²) < 4.78 is 32.0. The Bertz CT molecular complexity index is 1250. The molecule has 0 radical (unpaired) electrons. The Labute approximate surface area is 179 Å². The topological polar surface area (TPSA) is 128 Å². The molecule has 0 unspecified atom stereocenters. The highest BCUT2D eigenvalue weighted by molar-refractivity contribution is 8.23. The van der Waals surface area contributed by atoms with Gasteiger partial charge in [-0.1, -0.05) is 35.0 Å². The van der Waals surface area contributed by atoms with Gasteiger partial charge in [0.1, 0.15) is 16.2 Å². The number of hydrogen-bond donors (Lipinski definition) is 5. The van der Waals surface area contributed by atoms with Crippen LogP contribution in [-0.4, -0.2) is 44.0 Å². The number of aromatic hydroxyl groups is 1. The second kappa shape index (κ2) is 7.57. The molecule has 0 amide bonds. The molecule has 2 aromatic carbocycles. The fourth-order valence-corrected chi connectivity index (χ4v) is 5.09. The van der Waals surface area contributed by atoms with Crippen molar-refractivity contribution in [2.45, 2.75) is 23.8 Å². The molecule has 0 spiro atoms. The highest BCUT2D eigenvalue weighted by Gasteiger charge is 2.30. The maximum atomic E-state index is 13.5. The van der Waals surface area contributed by atoms with Crippen LogP contribution in [0.15, 0.2) is 62.6 Å². The first-order valence-electron chi connectivity index (χ1n) is 9.91. The monoisotopic (exact) mass is 442 g/mol. The number of aromatic nitrogens is 1. The van der Waals surface area contributed by atoms with E-state index in [1.54, 1.807) is 48.5 Å². The van der Waals surface area contributed by atoms with Crippen LogP contribution in [0.4, 0.5) is 5.69 Å². The van der Waals surface area contributed by atoms with Crippen LogP contribution in [0.3, 0.4) is 0 Å². The predicted molar refractivity (Wildman–Crippen MR) is 121 cm³/mol. The third kappa shape index (κ3) is 3.43. The zero-order valence-electron chi connectivity index (χ0n) is 16.5. The quantitative estimate of drug-likeness (QED) is 0.421. The van der Waals surface area contributed by atoms with Gasteiger partial charge in [0.05, 0.1) is 11.2 Å². The van der Waals surface area contributed by atoms with Crippen LogP contribution in [0.2, 0.25) is 0 Å². The molecule has 1 fully saturated rings. The van der Waals surface area contributed by atoms with Crippen molar-refractivity contribution < 1.29 is 18.9 Å². The van der Waals surface area contributed by atoms with Crippen molar-refractivity contribution in [3.8, 4) is 5.75 Å². The van der Waals surface area contributed by atoms with Gasteiger partial charge in [0, 0.05) is 24.6 Å². The molecule has 3 aromatic rings. The van der Waals surface area contributed by atoms with Gasteiger partial charge in [-0.2, -0.15) is 0 Å². The number of amidine groups is 1. The summed E-state index contributed by atoms with van der Waals surface area (Å²) >= 11 is 0. The Kier molecular flexibility index (Phi) is 4.86. The molecule has 2 aliphatic heterocycles. The molecule has 5 N–H and O–H groups in total. The molecular formula is C21H22N4O5S. The lowest BCUT2D eigenvalue weighted by Gasteiger charge is -2.34. The second-order valence-corrected chi connectivity index (χ2v) is 9.14. The second-order valence-electron chi connectivity index (χ2n) is 7.48. The minimum Gasteiger partial charge on any atom is -0.506 e. The first-order valence-corrected chi connectivity index (χ1v) is 11.4. The van der Waals surface area contributed by atoms with E-state index in [0.717, 1.165) is 12.8 Å². The smallest absolute Gasteiger partial charge is 0.284 e. The van der Waals surface area contributed by atoms with Crippen molar-refractivity contribution >= 4 is 33.2 Å². The lowest BCUT2D eigenvalue weighted by Crippen LogP contribution is -2.41. The van der Waals surface area contributed by atoms with Gasteiger partial charge in [-0.05, 0) is 37.1 Å². The number of pyridine rings is 1. The standard InChI is InChI=1S/C21H22N4O5S/c26-19-14-5-1-3-7-16(14)25(23-13-9-11-30-12-10-13)21(27)18(19)20-22-15-6-2-4-8-17(15)31(28,29)24-20/h1-8,13,23,26,28-29H,9-12H2,(H,22,24). The minimum atomic E-state index is -3.54. The lowest BCUT2D eigenvalue weighted by molar-refractivity contribution is 0.0880. The number of fused-ring (bicyclic) bond motifs is 2. The largest absolute Gasteiger partial charge is 0.506 e. The Morgan fingerprint density at radius 2 is 1.81 bits per heavy atom. The molecule has 1 aromatic heterocycles. The number of anilines is 1. The number of ether oxygens (including phenoxy) is 1. The first kappa shape index (κ1) is 19.9. The lowest BCUT2D eigenvalue weighted by atomic mass is 10.1. The first-order chi connectivity index (χ1) is 15.0. The zero-order chi connectivity index (χ0) is 21.6. The number of hydrogen-bond acceptors (Lipinski definition) is 8. The molecular weight excluding hydrogens is 420 g/mol. The van der Waals surface area contributed by atoms with Gasteiger partial charge < -0.3 is 20.6 Å². The van der Waals surface area contributed by atoms with Crippen LogP contribution >= 0.6 is 10.8 Å². The van der Waals surface area contributed by atoms with Crippen LogP contribution in [0.25, 0.3) is 10.9 Å². The number of rotatable bonds is 3. The molecule has 0 saturated carbocycles. The van der Waals surface area contributed by atoms with Gasteiger partial charge in [-0.3, -0.25) is 13.9 Å². The fourth-order valence-electron chi connectivity index (χ4n) is 3.92. The molecule has 162 valence electrons. The predicted octanol–water partition coefficient (Wildman–Crippen LogP) is 3.33. The van der Waals surface area contributed by atoms with Crippen molar-refractivity contribution in [3.05, 3.63) is 64.4 Å². The molecule has 10 heteroatoms. The third-order valence-corrected chi connectivity index (χ3v) is 6.86. The van der Waals surface area contributed by atoms with E-state index in [2.05, 4.69) is 15.1 Å². The van der Waals surface area contributed by atoms with E-state index in [1.165, 1.54) is 4.68 Å². The van der Waals surface area contributed by atoms with Crippen LogP contribution in [0.1, 0.15) is 18.4 Å². The summed E-state index contributed by atoms with van der Waals surface area (Å²) in [6.45, 7) is 1.20. The summed E-state index contributed by atoms with van der Waals surface area (Å²) in [6.07, 6.45) is 1.48. The summed E-state index contributed by atoms with van der Waals surface area (Å²) in [5, 5.41) is 14.4. The van der Waals surface area contributed by atoms with Crippen LogP contribution in [-0.2, 0) is 4.74 Å². The van der Waals surface area contributed by atoms with Gasteiger partial charge in [-0.15, -0.1) is 4.40 Å². The van der Waals surface area contributed by atoms with E-state index in [1.807, 2.05) is 0 Å². The fraction of sp³-hybridized carbons (Fsp3) is 0.238. The van der Waals surface area contributed by atoms with Crippen LogP contribution in [0, 0.1) is 0 Å². The highest BCUT2D eigenvalue weighted by atomic mass is 32.3. The third-order valence-electron chi connectivity index (χ3n) is 5.48. The van der Waals surface area contributed by atoms with E-state index < -0.39 is 16.3 Å². The van der Waals surface area contributed by atoms with Crippen molar-refractivity contribution in [3.63, 3.8) is 0 Å². The summed E-state index contributed by atoms with van der Waals surface area (Å²) in [5.74, 6) is -0.360. The maximum Gasteiger partial charge on any atom is 0.284 e. The van der Waals surface area contributed by atoms with Crippen molar-refractivity contribution in [2.75, 3.05) is 24.0 Å². The molecule has 0 bridgehead atoms. The Balaban J connectivity index is 1.69. The number of nitrogens with zero attached hydrogens (tertiary/aromatic N) is 2. The van der Waals surface area contributed by atoms with E-state index >= 15 is 0 Å². The minimum absolute atomic E-state index is 0.0228. The molecule has 0 aliphatic carbocycles. The normalized spacial score (nSPS) is 19.2. The molecule has 31 heavy (non-hydrogen) atoms. The van der Waals surface area contributed by atoms with Gasteiger partial charge in [-0.25, -0.2) is 4.68 Å². The van der Waals surface area contributed by atoms with E-state index in [9.17, 15) is 19.0 Å². The average molecular weight is 442 g/mol. The molecule has 3 heterocycles. The molecule has 0 atom stereocenters. The molecule has 5 rings (SSSR count). The van der Waals surface area contributed by atoms with Crippen molar-refractivity contribution in [1.29, 1.82) is 0 Å². The van der Waals surface area contributed by atoms with E-state index in [4.69, 9.17) is 4.74 Å². The van der Waals surface area contributed by atoms with Gasteiger partial charge in [0.2, 0.25) is 0 Å². The maximum absolute atomic E-state index is 13.5. The van der Waals surface area contributed by atoms with Crippen LogP contribution in [0.5, 0.6) is 5.75 Å². The SMILES string of the molecule is O=c1c(C2=NS(O)(O)c3ccccc3N2)c(O)c2ccccc2n1NC1CCOCC1. The van der Waals surface area contributed by atoms with Crippen LogP contribution < -0.4 is 16.3 Å². The molecule has 1 saturated heterocycles. The van der Waals surface area contributed by atoms with Gasteiger partial charge in [0.15, 0.2) is 5.84 Å². The highest BCUT2D eigenvalue weighted by Crippen LogP contribution is 2.55. The average Bonchev–Trinajstić information content (AvgIpc) is 2.77. The summed E-state index contributed by atoms with van der Waals surface area (Å²) in [6, 6.07) is 13.6. The Hall–Kier alpha value is -3.05. The van der Waals surface area contributed by atoms with Crippen molar-refractivity contribution in [1.82, 2.24) is 4.68 Å². The van der Waals surface area contributed by atoms with E-state index in [-0.39, 0.29) is 28.1 Å². The Morgan fingerprint density at radius 3 is 2.61 bits per heavy atom. The summed E-state index contributed by atoms with van der Waals surface area (Å²) in [4.78, 5) is 13.8. The number of nitrogens with one attached hydrogen (secondary N) is 2. The number of benzene rings is 2. The van der Waals surface area contributed by atoms with Crippen molar-refractivity contribution in [2.24, 2.45) is 4.40 Å². The summed E-state index contributed by atoms with van der Waals surface area (Å²) in [5.41, 5.74) is 3.52. The van der Waals surface area contributed by atoms with Gasteiger partial charge in [0.25, 0.3) is 5.56 Å².